The lowest BCUT2D eigenvalue weighted by atomic mass is 9.93. The second kappa shape index (κ2) is 13.1. The van der Waals surface area contributed by atoms with Crippen molar-refractivity contribution in [3.63, 3.8) is 0 Å². The van der Waals surface area contributed by atoms with Crippen LogP contribution in [0.5, 0.6) is 0 Å². The molecule has 1 aromatic rings. The van der Waals surface area contributed by atoms with E-state index in [1.807, 2.05) is 52.8 Å². The number of rotatable bonds is 11. The third-order valence-corrected chi connectivity index (χ3v) is 5.22. The van der Waals surface area contributed by atoms with Crippen molar-refractivity contribution in [3.8, 4) is 0 Å². The van der Waals surface area contributed by atoms with E-state index in [9.17, 15) is 19.2 Å². The summed E-state index contributed by atoms with van der Waals surface area (Å²) in [6.45, 7) is 14.8. The minimum absolute atomic E-state index is 0.0150. The molecule has 0 saturated carbocycles. The highest BCUT2D eigenvalue weighted by Crippen LogP contribution is 2.29. The van der Waals surface area contributed by atoms with Crippen molar-refractivity contribution in [2.24, 2.45) is 5.73 Å². The monoisotopic (exact) mass is 490 g/mol. The molecule has 1 rings (SSSR count). The molecule has 0 aliphatic carbocycles. The van der Waals surface area contributed by atoms with Gasteiger partial charge in [0.2, 0.25) is 17.7 Å². The number of alkyl carbamates (subject to hydrolysis) is 1. The number of aryl methyl sites for hydroxylation is 2. The first-order chi connectivity index (χ1) is 16.2. The first kappa shape index (κ1) is 29.9. The summed E-state index contributed by atoms with van der Waals surface area (Å²) in [6, 6.07) is 3.55. The molecule has 0 saturated heterocycles. The van der Waals surface area contributed by atoms with E-state index in [-0.39, 0.29) is 31.3 Å². The molecule has 35 heavy (non-hydrogen) atoms. The van der Waals surface area contributed by atoms with Crippen LogP contribution in [0.1, 0.15) is 83.5 Å². The van der Waals surface area contributed by atoms with Gasteiger partial charge in [0.05, 0.1) is 0 Å². The van der Waals surface area contributed by atoms with Gasteiger partial charge in [-0.25, -0.2) is 4.79 Å². The van der Waals surface area contributed by atoms with Crippen LogP contribution in [0.25, 0.3) is 0 Å². The van der Waals surface area contributed by atoms with E-state index in [4.69, 9.17) is 10.5 Å². The van der Waals surface area contributed by atoms with E-state index in [0.29, 0.717) is 6.42 Å². The van der Waals surface area contributed by atoms with E-state index in [2.05, 4.69) is 10.6 Å². The van der Waals surface area contributed by atoms with Crippen LogP contribution in [0.4, 0.5) is 4.79 Å². The van der Waals surface area contributed by atoms with Crippen molar-refractivity contribution < 1.29 is 23.9 Å². The maximum absolute atomic E-state index is 13.9. The van der Waals surface area contributed by atoms with E-state index >= 15 is 0 Å². The summed E-state index contributed by atoms with van der Waals surface area (Å²) >= 11 is 0. The van der Waals surface area contributed by atoms with Gasteiger partial charge in [-0.3, -0.25) is 14.4 Å². The fraction of sp³-hybridized carbons (Fsp3) is 0.615. The molecular formula is C26H42N4O5. The van der Waals surface area contributed by atoms with Gasteiger partial charge < -0.3 is 26.0 Å². The molecule has 4 amide bonds. The average molecular weight is 491 g/mol. The maximum Gasteiger partial charge on any atom is 0.408 e. The summed E-state index contributed by atoms with van der Waals surface area (Å²) in [5, 5.41) is 5.52. The van der Waals surface area contributed by atoms with Gasteiger partial charge in [0, 0.05) is 19.0 Å². The van der Waals surface area contributed by atoms with E-state index in [1.165, 1.54) is 4.90 Å². The Hall–Kier alpha value is -3.10. The minimum Gasteiger partial charge on any atom is -0.444 e. The van der Waals surface area contributed by atoms with E-state index < -0.39 is 35.6 Å². The fourth-order valence-corrected chi connectivity index (χ4v) is 3.85. The van der Waals surface area contributed by atoms with Crippen LogP contribution in [0.2, 0.25) is 0 Å². The summed E-state index contributed by atoms with van der Waals surface area (Å²) in [5.41, 5.74) is 7.03. The van der Waals surface area contributed by atoms with Crippen LogP contribution < -0.4 is 16.4 Å². The largest absolute Gasteiger partial charge is 0.444 e. The number of carbonyl (C=O) groups excluding carboxylic acids is 4. The predicted molar refractivity (Wildman–Crippen MR) is 136 cm³/mol. The smallest absolute Gasteiger partial charge is 0.408 e. The molecule has 4 N–H and O–H groups in total. The third-order valence-electron chi connectivity index (χ3n) is 5.22. The molecule has 196 valence electrons. The van der Waals surface area contributed by atoms with Crippen LogP contribution in [0.3, 0.4) is 0 Å². The van der Waals surface area contributed by atoms with Gasteiger partial charge in [0.15, 0.2) is 0 Å². The Labute approximate surface area is 209 Å². The number of benzene rings is 1. The molecular weight excluding hydrogens is 448 g/mol. The number of primary amides is 1. The fourth-order valence-electron chi connectivity index (χ4n) is 3.85. The van der Waals surface area contributed by atoms with Crippen molar-refractivity contribution in [3.05, 3.63) is 34.9 Å². The second-order valence-electron chi connectivity index (χ2n) is 10.1. The van der Waals surface area contributed by atoms with Crippen LogP contribution in [-0.4, -0.2) is 52.9 Å². The number of carbonyl (C=O) groups is 4. The zero-order chi connectivity index (χ0) is 26.9. The number of hydrogen-bond donors (Lipinski definition) is 3. The van der Waals surface area contributed by atoms with Gasteiger partial charge in [0.1, 0.15) is 17.7 Å². The standard InChI is InChI=1S/C26H42N4O5/c1-9-15-30(22(23(32)28-16(2)3)21-17(4)11-10-12-18(21)5)24(33)19(13-14-20(27)31)29-25(34)35-26(6,7)8/h10-12,16,19,22H,9,13-15H2,1-8H3,(H2,27,31)(H,28,32)(H,29,34). The Morgan fingerprint density at radius 1 is 1.06 bits per heavy atom. The Balaban J connectivity index is 3.52. The lowest BCUT2D eigenvalue weighted by Crippen LogP contribution is -2.54. The van der Waals surface area contributed by atoms with Crippen LogP contribution in [0.15, 0.2) is 18.2 Å². The Kier molecular flexibility index (Phi) is 11.2. The van der Waals surface area contributed by atoms with Gasteiger partial charge in [0.25, 0.3) is 0 Å². The minimum atomic E-state index is -1.09. The molecule has 0 heterocycles. The lowest BCUT2D eigenvalue weighted by Gasteiger charge is -2.36. The highest BCUT2D eigenvalue weighted by atomic mass is 16.6. The summed E-state index contributed by atoms with van der Waals surface area (Å²) < 4.78 is 5.33. The molecule has 1 aromatic carbocycles. The second-order valence-corrected chi connectivity index (χ2v) is 10.1. The van der Waals surface area contributed by atoms with Crippen molar-refractivity contribution in [2.75, 3.05) is 6.54 Å². The molecule has 9 nitrogen and oxygen atoms in total. The molecule has 0 aromatic heterocycles. The quantitative estimate of drug-likeness (QED) is 0.438. The van der Waals surface area contributed by atoms with Gasteiger partial charge in [-0.15, -0.1) is 0 Å². The maximum atomic E-state index is 13.9. The van der Waals surface area contributed by atoms with Crippen molar-refractivity contribution in [2.45, 2.75) is 98.4 Å². The number of nitrogens with two attached hydrogens (primary N) is 1. The van der Waals surface area contributed by atoms with Crippen molar-refractivity contribution >= 4 is 23.8 Å². The first-order valence-electron chi connectivity index (χ1n) is 12.1. The molecule has 0 bridgehead atoms. The molecule has 0 radical (unpaired) electrons. The normalized spacial score (nSPS) is 13.1. The highest BCUT2D eigenvalue weighted by Gasteiger charge is 2.37. The third kappa shape index (κ3) is 9.58. The zero-order valence-electron chi connectivity index (χ0n) is 22.4. The van der Waals surface area contributed by atoms with E-state index in [0.717, 1.165) is 16.7 Å². The summed E-state index contributed by atoms with van der Waals surface area (Å²) in [5.74, 6) is -1.39. The molecule has 2 atom stereocenters. The van der Waals surface area contributed by atoms with Gasteiger partial charge in [-0.2, -0.15) is 0 Å². The average Bonchev–Trinajstić information content (AvgIpc) is 2.70. The molecule has 0 aliphatic rings. The van der Waals surface area contributed by atoms with Crippen molar-refractivity contribution in [1.82, 2.24) is 15.5 Å². The number of amides is 4. The molecule has 0 spiro atoms. The van der Waals surface area contributed by atoms with Crippen LogP contribution >= 0.6 is 0 Å². The lowest BCUT2D eigenvalue weighted by molar-refractivity contribution is -0.143. The van der Waals surface area contributed by atoms with Crippen LogP contribution in [0, 0.1) is 13.8 Å². The number of nitrogens with zero attached hydrogens (tertiary/aromatic N) is 1. The SMILES string of the molecule is CCCN(C(=O)C(CCC(N)=O)NC(=O)OC(C)(C)C)C(C(=O)NC(C)C)c1c(C)cccc1C. The van der Waals surface area contributed by atoms with E-state index in [1.54, 1.807) is 20.8 Å². The Morgan fingerprint density at radius 2 is 1.63 bits per heavy atom. The summed E-state index contributed by atoms with van der Waals surface area (Å²) in [4.78, 5) is 52.9. The van der Waals surface area contributed by atoms with Crippen LogP contribution in [-0.2, 0) is 19.1 Å². The number of nitrogens with one attached hydrogen (secondary N) is 2. The van der Waals surface area contributed by atoms with Gasteiger partial charge in [-0.05, 0) is 78.0 Å². The molecule has 9 heteroatoms. The predicted octanol–water partition coefficient (Wildman–Crippen LogP) is 3.27. The summed E-state index contributed by atoms with van der Waals surface area (Å²) in [7, 11) is 0. The van der Waals surface area contributed by atoms with Gasteiger partial charge in [-0.1, -0.05) is 25.1 Å². The van der Waals surface area contributed by atoms with Crippen molar-refractivity contribution in [1.29, 1.82) is 0 Å². The summed E-state index contributed by atoms with van der Waals surface area (Å²) in [6.07, 6.45) is -0.332. The Bertz CT molecular complexity index is 887. The zero-order valence-corrected chi connectivity index (χ0v) is 22.4. The first-order valence-corrected chi connectivity index (χ1v) is 12.1. The van der Waals surface area contributed by atoms with Gasteiger partial charge >= 0.3 is 6.09 Å². The molecule has 0 aliphatic heterocycles. The molecule has 0 fully saturated rings. The molecule has 2 unspecified atom stereocenters. The highest BCUT2D eigenvalue weighted by molar-refractivity contribution is 5.93. The Morgan fingerprint density at radius 3 is 2.09 bits per heavy atom. The number of ether oxygens (including phenoxy) is 1. The topological polar surface area (TPSA) is 131 Å². The number of hydrogen-bond acceptors (Lipinski definition) is 5.